The van der Waals surface area contributed by atoms with Crippen LogP contribution in [0.4, 0.5) is 23.7 Å². The molecule has 0 radical (unpaired) electrons. The molecule has 0 aromatic heterocycles. The molecule has 0 saturated carbocycles. The largest absolute Gasteiger partial charge is 0.416 e. The Balaban J connectivity index is 1.86. The zero-order valence-corrected chi connectivity index (χ0v) is 15.0. The van der Waals surface area contributed by atoms with Gasteiger partial charge in [0.1, 0.15) is 0 Å². The Kier molecular flexibility index (Phi) is 5.85. The molecule has 0 atom stereocenters. The Labute approximate surface area is 147 Å². The summed E-state index contributed by atoms with van der Waals surface area (Å²) < 4.78 is 38.5. The fraction of sp³-hybridized carbons (Fsp3) is 0.611. The molecule has 0 aliphatic carbocycles. The van der Waals surface area contributed by atoms with Gasteiger partial charge in [0.2, 0.25) is 0 Å². The van der Waals surface area contributed by atoms with E-state index in [1.165, 1.54) is 12.1 Å². The van der Waals surface area contributed by atoms with E-state index in [4.69, 9.17) is 0 Å². The van der Waals surface area contributed by atoms with Crippen LogP contribution in [0, 0.1) is 5.41 Å². The van der Waals surface area contributed by atoms with E-state index in [1.807, 2.05) is 4.90 Å². The third kappa shape index (κ3) is 5.83. The minimum atomic E-state index is -4.34. The van der Waals surface area contributed by atoms with E-state index < -0.39 is 11.7 Å². The van der Waals surface area contributed by atoms with Gasteiger partial charge in [0.05, 0.1) is 5.56 Å². The molecular formula is C18H26F3N3O. The minimum Gasteiger partial charge on any atom is -0.368 e. The number of piperazine rings is 1. The van der Waals surface area contributed by atoms with Crippen LogP contribution in [0.2, 0.25) is 0 Å². The highest BCUT2D eigenvalue weighted by Gasteiger charge is 2.31. The van der Waals surface area contributed by atoms with Gasteiger partial charge in [-0.15, -0.1) is 0 Å². The number of hydrogen-bond acceptors (Lipinski definition) is 2. The van der Waals surface area contributed by atoms with Crippen molar-refractivity contribution < 1.29 is 18.0 Å². The highest BCUT2D eigenvalue weighted by atomic mass is 19.4. The molecule has 1 aliphatic rings. The van der Waals surface area contributed by atoms with Gasteiger partial charge in [0.15, 0.2) is 0 Å². The summed E-state index contributed by atoms with van der Waals surface area (Å²) in [5.41, 5.74) is 0.0603. The molecule has 2 rings (SSSR count). The van der Waals surface area contributed by atoms with Crippen LogP contribution in [0.25, 0.3) is 0 Å². The van der Waals surface area contributed by atoms with Crippen LogP contribution in [-0.4, -0.2) is 43.7 Å². The number of rotatable bonds is 3. The topological polar surface area (TPSA) is 35.6 Å². The lowest BCUT2D eigenvalue weighted by atomic mass is 9.92. The van der Waals surface area contributed by atoms with E-state index in [1.54, 1.807) is 11.0 Å². The van der Waals surface area contributed by atoms with Crippen molar-refractivity contribution >= 4 is 11.7 Å². The van der Waals surface area contributed by atoms with Crippen molar-refractivity contribution in [2.75, 3.05) is 37.6 Å². The smallest absolute Gasteiger partial charge is 0.368 e. The SMILES string of the molecule is CC(C)(C)CCNC(=O)N1CCN(c2cccc(C(F)(F)F)c2)CC1. The van der Waals surface area contributed by atoms with Gasteiger partial charge in [-0.1, -0.05) is 26.8 Å². The molecule has 7 heteroatoms. The molecule has 0 bridgehead atoms. The number of nitrogens with one attached hydrogen (secondary N) is 1. The number of halogens is 3. The Morgan fingerprint density at radius 3 is 2.32 bits per heavy atom. The lowest BCUT2D eigenvalue weighted by Gasteiger charge is -2.36. The molecule has 1 saturated heterocycles. The van der Waals surface area contributed by atoms with Gasteiger partial charge in [0, 0.05) is 38.4 Å². The molecule has 4 nitrogen and oxygen atoms in total. The van der Waals surface area contributed by atoms with Crippen LogP contribution in [0.1, 0.15) is 32.8 Å². The Morgan fingerprint density at radius 1 is 1.12 bits per heavy atom. The number of amides is 2. The van der Waals surface area contributed by atoms with Crippen LogP contribution in [0.3, 0.4) is 0 Å². The van der Waals surface area contributed by atoms with E-state index in [9.17, 15) is 18.0 Å². The minimum absolute atomic E-state index is 0.104. The van der Waals surface area contributed by atoms with E-state index in [0.717, 1.165) is 12.5 Å². The molecule has 25 heavy (non-hydrogen) atoms. The first-order valence-corrected chi connectivity index (χ1v) is 8.51. The van der Waals surface area contributed by atoms with Crippen LogP contribution >= 0.6 is 0 Å². The molecule has 0 spiro atoms. The van der Waals surface area contributed by atoms with Gasteiger partial charge in [-0.25, -0.2) is 4.79 Å². The number of carbonyl (C=O) groups is 1. The zero-order chi connectivity index (χ0) is 18.7. The first-order chi connectivity index (χ1) is 11.6. The van der Waals surface area contributed by atoms with E-state index in [-0.39, 0.29) is 11.4 Å². The second kappa shape index (κ2) is 7.54. The third-order valence-electron chi connectivity index (χ3n) is 4.26. The first-order valence-electron chi connectivity index (χ1n) is 8.51. The number of nitrogens with zero attached hydrogens (tertiary/aromatic N) is 2. The summed E-state index contributed by atoms with van der Waals surface area (Å²) in [5.74, 6) is 0. The van der Waals surface area contributed by atoms with Gasteiger partial charge in [-0.05, 0) is 30.0 Å². The van der Waals surface area contributed by atoms with Crippen molar-refractivity contribution in [2.24, 2.45) is 5.41 Å². The number of hydrogen-bond donors (Lipinski definition) is 1. The predicted octanol–water partition coefficient (Wildman–Crippen LogP) is 3.97. The number of urea groups is 1. The molecule has 2 amide bonds. The molecule has 0 unspecified atom stereocenters. The molecule has 1 N–H and O–H groups in total. The monoisotopic (exact) mass is 357 g/mol. The van der Waals surface area contributed by atoms with E-state index in [2.05, 4.69) is 26.1 Å². The highest BCUT2D eigenvalue weighted by molar-refractivity contribution is 5.74. The summed E-state index contributed by atoms with van der Waals surface area (Å²) in [6.45, 7) is 9.01. The predicted molar refractivity (Wildman–Crippen MR) is 92.7 cm³/mol. The lowest BCUT2D eigenvalue weighted by Crippen LogP contribution is -2.52. The summed E-state index contributed by atoms with van der Waals surface area (Å²) in [7, 11) is 0. The number of carbonyl (C=O) groups excluding carboxylic acids is 1. The summed E-state index contributed by atoms with van der Waals surface area (Å²) in [5, 5.41) is 2.91. The Hall–Kier alpha value is -1.92. The number of alkyl halides is 3. The Bertz CT molecular complexity index is 588. The third-order valence-corrected chi connectivity index (χ3v) is 4.26. The number of anilines is 1. The summed E-state index contributed by atoms with van der Waals surface area (Å²) in [6.07, 6.45) is -3.45. The highest BCUT2D eigenvalue weighted by Crippen LogP contribution is 2.31. The quantitative estimate of drug-likeness (QED) is 0.888. The van der Waals surface area contributed by atoms with Gasteiger partial charge in [-0.3, -0.25) is 0 Å². The molecule has 140 valence electrons. The molecule has 1 aromatic carbocycles. The fourth-order valence-corrected chi connectivity index (χ4v) is 2.70. The second-order valence-corrected chi connectivity index (χ2v) is 7.56. The van der Waals surface area contributed by atoms with E-state index in [0.29, 0.717) is 38.4 Å². The molecule has 1 fully saturated rings. The Morgan fingerprint density at radius 2 is 1.76 bits per heavy atom. The van der Waals surface area contributed by atoms with Crippen molar-refractivity contribution in [3.63, 3.8) is 0 Å². The van der Waals surface area contributed by atoms with E-state index >= 15 is 0 Å². The second-order valence-electron chi connectivity index (χ2n) is 7.56. The van der Waals surface area contributed by atoms with Gasteiger partial charge < -0.3 is 15.1 Å². The maximum atomic E-state index is 12.8. The van der Waals surface area contributed by atoms with Crippen LogP contribution in [0.15, 0.2) is 24.3 Å². The van der Waals surface area contributed by atoms with Gasteiger partial charge >= 0.3 is 12.2 Å². The van der Waals surface area contributed by atoms with Gasteiger partial charge in [-0.2, -0.15) is 13.2 Å². The maximum Gasteiger partial charge on any atom is 0.416 e. The lowest BCUT2D eigenvalue weighted by molar-refractivity contribution is -0.137. The number of benzene rings is 1. The average molecular weight is 357 g/mol. The molecular weight excluding hydrogens is 331 g/mol. The van der Waals surface area contributed by atoms with Crippen molar-refractivity contribution in [1.82, 2.24) is 10.2 Å². The summed E-state index contributed by atoms with van der Waals surface area (Å²) >= 11 is 0. The van der Waals surface area contributed by atoms with Crippen molar-refractivity contribution in [3.05, 3.63) is 29.8 Å². The van der Waals surface area contributed by atoms with Crippen LogP contribution in [-0.2, 0) is 6.18 Å². The van der Waals surface area contributed by atoms with Crippen LogP contribution < -0.4 is 10.2 Å². The fourth-order valence-electron chi connectivity index (χ4n) is 2.70. The normalized spacial score (nSPS) is 16.1. The van der Waals surface area contributed by atoms with Crippen molar-refractivity contribution in [1.29, 1.82) is 0 Å². The van der Waals surface area contributed by atoms with Crippen LogP contribution in [0.5, 0.6) is 0 Å². The first kappa shape index (κ1) is 19.4. The van der Waals surface area contributed by atoms with Gasteiger partial charge in [0.25, 0.3) is 0 Å². The summed E-state index contributed by atoms with van der Waals surface area (Å²) in [4.78, 5) is 15.8. The standard InChI is InChI=1S/C18H26F3N3O/c1-17(2,3)7-8-22-16(25)24-11-9-23(10-12-24)15-6-4-5-14(13-15)18(19,20)21/h4-6,13H,7-12H2,1-3H3,(H,22,25). The summed E-state index contributed by atoms with van der Waals surface area (Å²) in [6, 6.07) is 5.23. The average Bonchev–Trinajstić information content (AvgIpc) is 2.53. The van der Waals surface area contributed by atoms with Crippen molar-refractivity contribution in [3.8, 4) is 0 Å². The molecule has 1 heterocycles. The molecule has 1 aliphatic heterocycles. The van der Waals surface area contributed by atoms with Crippen molar-refractivity contribution in [2.45, 2.75) is 33.4 Å². The zero-order valence-electron chi connectivity index (χ0n) is 15.0. The maximum absolute atomic E-state index is 12.8. The molecule has 1 aromatic rings.